The zero-order chi connectivity index (χ0) is 25.4. The van der Waals surface area contributed by atoms with Crippen LogP contribution in [0.2, 0.25) is 0 Å². The first-order valence-electron chi connectivity index (χ1n) is 11.8. The number of nitrogens with zero attached hydrogens (tertiary/aromatic N) is 3. The number of hydrogen-bond donors (Lipinski definition) is 3. The zero-order valence-electron chi connectivity index (χ0n) is 20.6. The molecule has 1 amide bonds. The summed E-state index contributed by atoms with van der Waals surface area (Å²) < 4.78 is 6.10. The number of fused-ring (bicyclic) bond motifs is 1. The summed E-state index contributed by atoms with van der Waals surface area (Å²) in [5, 5.41) is 6.30. The molecular weight excluding hydrogens is 452 g/mol. The highest BCUT2D eigenvalue weighted by Crippen LogP contribution is 2.52. The molecule has 36 heavy (non-hydrogen) atoms. The molecule has 182 valence electrons. The number of hydrogen-bond acceptors (Lipinski definition) is 7. The number of aryl methyl sites for hydroxylation is 3. The van der Waals surface area contributed by atoms with Gasteiger partial charge in [-0.3, -0.25) is 9.78 Å². The number of nitrogens with one attached hydrogen (secondary N) is 2. The first-order chi connectivity index (χ1) is 17.2. The van der Waals surface area contributed by atoms with E-state index in [0.717, 1.165) is 35.3 Å². The van der Waals surface area contributed by atoms with Gasteiger partial charge in [0.1, 0.15) is 5.52 Å². The average molecular weight is 481 g/mol. The van der Waals surface area contributed by atoms with Crippen LogP contribution in [-0.2, 0) is 4.79 Å². The molecule has 4 aromatic rings. The van der Waals surface area contributed by atoms with Gasteiger partial charge in [-0.15, -0.1) is 0 Å². The highest BCUT2D eigenvalue weighted by Gasteiger charge is 2.52. The van der Waals surface area contributed by atoms with E-state index < -0.39 is 5.41 Å². The second kappa shape index (κ2) is 8.96. The van der Waals surface area contributed by atoms with Crippen molar-refractivity contribution in [2.75, 3.05) is 16.4 Å². The van der Waals surface area contributed by atoms with Crippen molar-refractivity contribution in [3.8, 4) is 11.6 Å². The fraction of sp³-hybridized carbons (Fsp3) is 0.214. The highest BCUT2D eigenvalue weighted by molar-refractivity contribution is 5.99. The largest absolute Gasteiger partial charge is 0.436 e. The van der Waals surface area contributed by atoms with Gasteiger partial charge in [0.15, 0.2) is 5.75 Å². The number of carbonyl (C=O) groups excluding carboxylic acids is 1. The summed E-state index contributed by atoms with van der Waals surface area (Å²) in [5.74, 6) is 0.947. The number of anilines is 3. The van der Waals surface area contributed by atoms with E-state index in [1.165, 1.54) is 0 Å². The first-order valence-corrected chi connectivity index (χ1v) is 11.8. The minimum Gasteiger partial charge on any atom is -0.436 e. The van der Waals surface area contributed by atoms with Gasteiger partial charge in [0, 0.05) is 29.2 Å². The summed E-state index contributed by atoms with van der Waals surface area (Å²) in [5.41, 5.74) is 12.0. The Balaban J connectivity index is 1.30. The molecule has 0 saturated heterocycles. The van der Waals surface area contributed by atoms with Gasteiger partial charge < -0.3 is 21.1 Å². The molecule has 3 heterocycles. The lowest BCUT2D eigenvalue weighted by molar-refractivity contribution is -0.119. The van der Waals surface area contributed by atoms with Crippen LogP contribution in [0.25, 0.3) is 11.0 Å². The number of pyridine rings is 3. The van der Waals surface area contributed by atoms with Crippen LogP contribution in [0.5, 0.6) is 11.6 Å². The van der Waals surface area contributed by atoms with E-state index in [0.29, 0.717) is 39.7 Å². The van der Waals surface area contributed by atoms with Crippen LogP contribution in [0.15, 0.2) is 67.1 Å². The topological polar surface area (TPSA) is 115 Å². The quantitative estimate of drug-likeness (QED) is 0.312. The van der Waals surface area contributed by atoms with Crippen molar-refractivity contribution in [1.29, 1.82) is 0 Å². The Kier molecular flexibility index (Phi) is 5.80. The van der Waals surface area contributed by atoms with Crippen LogP contribution in [0.4, 0.5) is 17.1 Å². The third-order valence-corrected chi connectivity index (χ3v) is 6.51. The van der Waals surface area contributed by atoms with E-state index in [1.54, 1.807) is 24.5 Å². The van der Waals surface area contributed by atoms with Gasteiger partial charge in [-0.05, 0) is 57.9 Å². The molecule has 3 aromatic heterocycles. The molecule has 8 heteroatoms. The molecule has 1 aliphatic carbocycles. The first kappa shape index (κ1) is 23.3. The SMILES string of the molecule is C=C(Nc1cnc(Oc2ccnc3cc(N)c(C)nc23)c(C)c1)C1(C(=O)Nc2ccc(C)cc2)CC1. The summed E-state index contributed by atoms with van der Waals surface area (Å²) in [7, 11) is 0. The summed E-state index contributed by atoms with van der Waals surface area (Å²) in [4.78, 5) is 26.4. The molecule has 0 unspecified atom stereocenters. The van der Waals surface area contributed by atoms with Gasteiger partial charge >= 0.3 is 0 Å². The monoisotopic (exact) mass is 480 g/mol. The zero-order valence-corrected chi connectivity index (χ0v) is 20.6. The Morgan fingerprint density at radius 1 is 1.03 bits per heavy atom. The van der Waals surface area contributed by atoms with Crippen LogP contribution in [0, 0.1) is 26.2 Å². The van der Waals surface area contributed by atoms with Crippen LogP contribution < -0.4 is 21.1 Å². The van der Waals surface area contributed by atoms with Gasteiger partial charge in [0.05, 0.1) is 34.2 Å². The van der Waals surface area contributed by atoms with Gasteiger partial charge in [-0.2, -0.15) is 0 Å². The second-order valence-electron chi connectivity index (χ2n) is 9.29. The van der Waals surface area contributed by atoms with E-state index in [-0.39, 0.29) is 5.91 Å². The van der Waals surface area contributed by atoms with Gasteiger partial charge in [-0.1, -0.05) is 24.3 Å². The number of ether oxygens (including phenoxy) is 1. The van der Waals surface area contributed by atoms with Gasteiger partial charge in [0.2, 0.25) is 11.8 Å². The molecule has 1 fully saturated rings. The molecule has 8 nitrogen and oxygen atoms in total. The highest BCUT2D eigenvalue weighted by atomic mass is 16.5. The number of benzene rings is 1. The van der Waals surface area contributed by atoms with E-state index in [2.05, 4.69) is 32.2 Å². The third-order valence-electron chi connectivity index (χ3n) is 6.51. The van der Waals surface area contributed by atoms with Gasteiger partial charge in [-0.25, -0.2) is 9.97 Å². The van der Waals surface area contributed by atoms with Gasteiger partial charge in [0.25, 0.3) is 0 Å². The maximum absolute atomic E-state index is 13.0. The Bertz CT molecular complexity index is 1490. The predicted molar refractivity (Wildman–Crippen MR) is 142 cm³/mol. The lowest BCUT2D eigenvalue weighted by Gasteiger charge is -2.20. The van der Waals surface area contributed by atoms with Crippen molar-refractivity contribution in [3.05, 3.63) is 84.0 Å². The Morgan fingerprint density at radius 2 is 1.78 bits per heavy atom. The fourth-order valence-corrected chi connectivity index (χ4v) is 4.05. The smallest absolute Gasteiger partial charge is 0.236 e. The molecule has 5 rings (SSSR count). The van der Waals surface area contributed by atoms with Crippen molar-refractivity contribution >= 4 is 34.0 Å². The number of carbonyl (C=O) groups is 1. The fourth-order valence-electron chi connectivity index (χ4n) is 4.05. The Labute approximate surface area is 209 Å². The standard InChI is InChI=1S/C28H28N6O2/c1-16-5-7-20(8-6-16)34-27(35)28(10-11-28)19(4)33-21-13-17(2)26(31-15-21)36-24-9-12-30-23-14-22(29)18(3)32-25(23)24/h5-9,12-15,33H,4,10-11,29H2,1-3H3,(H,34,35). The molecule has 0 aliphatic heterocycles. The molecule has 1 aliphatic rings. The summed E-state index contributed by atoms with van der Waals surface area (Å²) >= 11 is 0. The van der Waals surface area contributed by atoms with E-state index in [9.17, 15) is 4.79 Å². The van der Waals surface area contributed by atoms with Crippen molar-refractivity contribution < 1.29 is 9.53 Å². The molecule has 1 saturated carbocycles. The molecule has 4 N–H and O–H groups in total. The number of amides is 1. The normalized spacial score (nSPS) is 13.8. The lowest BCUT2D eigenvalue weighted by Crippen LogP contribution is -2.28. The number of nitrogen functional groups attached to an aromatic ring is 1. The Hall–Kier alpha value is -4.46. The second-order valence-corrected chi connectivity index (χ2v) is 9.29. The van der Waals surface area contributed by atoms with E-state index in [1.807, 2.05) is 51.1 Å². The predicted octanol–water partition coefficient (Wildman–Crippen LogP) is 5.67. The number of aromatic nitrogens is 3. The van der Waals surface area contributed by atoms with Crippen LogP contribution in [0.1, 0.15) is 29.7 Å². The van der Waals surface area contributed by atoms with Crippen molar-refractivity contribution in [1.82, 2.24) is 15.0 Å². The van der Waals surface area contributed by atoms with E-state index in [4.69, 9.17) is 10.5 Å². The third kappa shape index (κ3) is 4.45. The minimum absolute atomic E-state index is 0.0542. The molecular formula is C28H28N6O2. The number of nitrogens with two attached hydrogens (primary N) is 1. The summed E-state index contributed by atoms with van der Waals surface area (Å²) in [6.45, 7) is 9.94. The Morgan fingerprint density at radius 3 is 2.47 bits per heavy atom. The lowest BCUT2D eigenvalue weighted by atomic mass is 10.0. The molecule has 0 atom stereocenters. The summed E-state index contributed by atoms with van der Waals surface area (Å²) in [6.07, 6.45) is 4.81. The minimum atomic E-state index is -0.630. The van der Waals surface area contributed by atoms with Crippen molar-refractivity contribution in [2.24, 2.45) is 5.41 Å². The van der Waals surface area contributed by atoms with E-state index >= 15 is 0 Å². The van der Waals surface area contributed by atoms with Crippen LogP contribution in [0.3, 0.4) is 0 Å². The van der Waals surface area contributed by atoms with Crippen LogP contribution >= 0.6 is 0 Å². The van der Waals surface area contributed by atoms with Crippen LogP contribution in [-0.4, -0.2) is 20.9 Å². The average Bonchev–Trinajstić information content (AvgIpc) is 3.66. The van der Waals surface area contributed by atoms with Crippen molar-refractivity contribution in [3.63, 3.8) is 0 Å². The number of rotatable bonds is 7. The van der Waals surface area contributed by atoms with Crippen molar-refractivity contribution in [2.45, 2.75) is 33.6 Å². The molecule has 0 spiro atoms. The maximum Gasteiger partial charge on any atom is 0.236 e. The molecule has 0 bridgehead atoms. The molecule has 0 radical (unpaired) electrons. The molecule has 1 aromatic carbocycles. The maximum atomic E-state index is 13.0. The summed E-state index contributed by atoms with van der Waals surface area (Å²) in [6, 6.07) is 13.2.